The number of carboxylic acid groups (broad SMARTS) is 1. The van der Waals surface area contributed by atoms with Crippen LogP contribution in [0.5, 0.6) is 0 Å². The molecular weight excluding hydrogens is 471 g/mol. The first-order valence-electron chi connectivity index (χ1n) is 8.75. The maximum absolute atomic E-state index is 12.8. The number of fused-ring (bicyclic) bond motifs is 1. The van der Waals surface area contributed by atoms with Gasteiger partial charge in [-0.2, -0.15) is 13.2 Å². The van der Waals surface area contributed by atoms with Crippen molar-refractivity contribution in [1.82, 2.24) is 9.88 Å². The number of nitrogens with zero attached hydrogens (tertiary/aromatic N) is 2. The second-order valence-corrected chi connectivity index (χ2v) is 7.43. The molecule has 2 aromatic rings. The molecule has 0 atom stereocenters. The molecule has 0 fully saturated rings. The number of carbonyl (C=O) groups is 3. The highest BCUT2D eigenvalue weighted by molar-refractivity contribution is 9.10. The average molecular weight is 486 g/mol. The Balaban J connectivity index is 1.76. The lowest BCUT2D eigenvalue weighted by Crippen LogP contribution is -2.25. The van der Waals surface area contributed by atoms with E-state index in [1.807, 2.05) is 0 Å². The summed E-state index contributed by atoms with van der Waals surface area (Å²) in [5.74, 6) is -2.03. The molecule has 0 bridgehead atoms. The van der Waals surface area contributed by atoms with Crippen molar-refractivity contribution < 1.29 is 32.7 Å². The van der Waals surface area contributed by atoms with Gasteiger partial charge < -0.3 is 15.3 Å². The van der Waals surface area contributed by atoms with Crippen molar-refractivity contribution in [3.63, 3.8) is 0 Å². The topological polar surface area (TPSA) is 99.6 Å². The second-order valence-electron chi connectivity index (χ2n) is 6.57. The molecule has 1 aliphatic heterocycles. The fourth-order valence-corrected chi connectivity index (χ4v) is 3.44. The van der Waals surface area contributed by atoms with Crippen molar-refractivity contribution in [2.45, 2.75) is 25.6 Å². The Bertz CT molecular complexity index is 1030. The first-order valence-corrected chi connectivity index (χ1v) is 9.54. The molecule has 2 N–H and O–H groups in total. The fourth-order valence-electron chi connectivity index (χ4n) is 3.00. The summed E-state index contributed by atoms with van der Waals surface area (Å²) in [5.41, 5.74) is -0.272. The van der Waals surface area contributed by atoms with Crippen LogP contribution >= 0.6 is 15.9 Å². The number of halogens is 4. The summed E-state index contributed by atoms with van der Waals surface area (Å²) in [6, 6.07) is 6.10. The van der Waals surface area contributed by atoms with Crippen LogP contribution in [0.4, 0.5) is 18.9 Å². The van der Waals surface area contributed by atoms with Gasteiger partial charge in [-0.25, -0.2) is 4.98 Å². The van der Waals surface area contributed by atoms with Gasteiger partial charge in [0.1, 0.15) is 11.4 Å². The molecule has 11 heteroatoms. The zero-order valence-corrected chi connectivity index (χ0v) is 16.9. The van der Waals surface area contributed by atoms with E-state index in [1.54, 1.807) is 6.07 Å². The van der Waals surface area contributed by atoms with Gasteiger partial charge in [-0.3, -0.25) is 14.4 Å². The number of benzene rings is 1. The number of carboxylic acids is 1. The van der Waals surface area contributed by atoms with Crippen LogP contribution in [-0.4, -0.2) is 39.3 Å². The molecule has 158 valence electrons. The van der Waals surface area contributed by atoms with Gasteiger partial charge in [-0.05, 0) is 52.2 Å². The van der Waals surface area contributed by atoms with E-state index < -0.39 is 29.4 Å². The van der Waals surface area contributed by atoms with E-state index in [1.165, 1.54) is 17.0 Å². The summed E-state index contributed by atoms with van der Waals surface area (Å²) in [6.45, 7) is 0.513. The van der Waals surface area contributed by atoms with Crippen molar-refractivity contribution in [1.29, 1.82) is 0 Å². The minimum atomic E-state index is -4.67. The quantitative estimate of drug-likeness (QED) is 0.645. The molecule has 1 aromatic heterocycles. The van der Waals surface area contributed by atoms with Crippen LogP contribution < -0.4 is 5.32 Å². The number of anilines is 1. The SMILES string of the molecule is O=C(O)CCCN1Cc2cc(NC(=O)c3cccc(C(F)(F)F)n3)c(Br)cc2C1=O. The fraction of sp³-hybridized carbons (Fsp3) is 0.263. The third kappa shape index (κ3) is 4.78. The van der Waals surface area contributed by atoms with Crippen LogP contribution in [0, 0.1) is 0 Å². The van der Waals surface area contributed by atoms with Gasteiger partial charge in [-0.15, -0.1) is 0 Å². The Morgan fingerprint density at radius 1 is 1.27 bits per heavy atom. The molecule has 0 saturated carbocycles. The van der Waals surface area contributed by atoms with Gasteiger partial charge in [0.25, 0.3) is 11.8 Å². The summed E-state index contributed by atoms with van der Waals surface area (Å²) in [5, 5.41) is 11.2. The van der Waals surface area contributed by atoms with Gasteiger partial charge in [0, 0.05) is 29.5 Å². The number of nitrogens with one attached hydrogen (secondary N) is 1. The Hall–Kier alpha value is -2.95. The van der Waals surface area contributed by atoms with Crippen molar-refractivity contribution in [3.8, 4) is 0 Å². The predicted molar refractivity (Wildman–Crippen MR) is 103 cm³/mol. The van der Waals surface area contributed by atoms with Crippen LogP contribution in [0.3, 0.4) is 0 Å². The minimum absolute atomic E-state index is 0.0604. The van der Waals surface area contributed by atoms with Crippen molar-refractivity contribution in [2.75, 3.05) is 11.9 Å². The monoisotopic (exact) mass is 485 g/mol. The lowest BCUT2D eigenvalue weighted by molar-refractivity contribution is -0.141. The Kier molecular flexibility index (Phi) is 6.11. The normalized spacial score (nSPS) is 13.3. The largest absolute Gasteiger partial charge is 0.481 e. The molecule has 0 saturated heterocycles. The summed E-state index contributed by atoms with van der Waals surface area (Å²) in [4.78, 5) is 40.3. The average Bonchev–Trinajstić information content (AvgIpc) is 2.96. The lowest BCUT2D eigenvalue weighted by atomic mass is 10.1. The van der Waals surface area contributed by atoms with Crippen molar-refractivity contribution in [3.05, 3.63) is 57.3 Å². The predicted octanol–water partition coefficient (Wildman–Crippen LogP) is 3.94. The summed E-state index contributed by atoms with van der Waals surface area (Å²) in [7, 11) is 0. The third-order valence-corrected chi connectivity index (χ3v) is 5.07. The van der Waals surface area contributed by atoms with Crippen molar-refractivity contribution in [2.24, 2.45) is 0 Å². The summed E-state index contributed by atoms with van der Waals surface area (Å²) >= 11 is 3.25. The molecule has 2 amide bonds. The van der Waals surface area contributed by atoms with Gasteiger partial charge in [-0.1, -0.05) is 6.07 Å². The van der Waals surface area contributed by atoms with Gasteiger partial charge >= 0.3 is 12.1 Å². The van der Waals surface area contributed by atoms with Crippen molar-refractivity contribution >= 4 is 39.4 Å². The number of alkyl halides is 3. The number of hydrogen-bond donors (Lipinski definition) is 2. The molecular formula is C19H15BrF3N3O4. The molecule has 1 aliphatic rings. The Morgan fingerprint density at radius 3 is 2.67 bits per heavy atom. The van der Waals surface area contributed by atoms with Crippen LogP contribution in [0.1, 0.15) is 44.9 Å². The number of pyridine rings is 1. The van der Waals surface area contributed by atoms with Crippen LogP contribution in [-0.2, 0) is 17.5 Å². The number of amides is 2. The second kappa shape index (κ2) is 8.42. The number of rotatable bonds is 6. The molecule has 0 aliphatic carbocycles. The highest BCUT2D eigenvalue weighted by atomic mass is 79.9. The number of carbonyl (C=O) groups excluding carboxylic acids is 2. The molecule has 0 radical (unpaired) electrons. The van der Waals surface area contributed by atoms with E-state index in [9.17, 15) is 27.6 Å². The first kappa shape index (κ1) is 21.8. The van der Waals surface area contributed by atoms with Gasteiger partial charge in [0.2, 0.25) is 0 Å². The Labute approximate surface area is 177 Å². The highest BCUT2D eigenvalue weighted by Gasteiger charge is 2.33. The maximum Gasteiger partial charge on any atom is 0.433 e. The molecule has 7 nitrogen and oxygen atoms in total. The van der Waals surface area contributed by atoms with E-state index in [0.717, 1.165) is 12.1 Å². The summed E-state index contributed by atoms with van der Waals surface area (Å²) in [6.07, 6.45) is -4.43. The Morgan fingerprint density at radius 2 is 2.00 bits per heavy atom. The van der Waals surface area contributed by atoms with Gasteiger partial charge in [0.15, 0.2) is 0 Å². The molecule has 0 spiro atoms. The lowest BCUT2D eigenvalue weighted by Gasteiger charge is -2.14. The number of aliphatic carboxylic acids is 1. The van der Waals surface area contributed by atoms with Crippen LogP contribution in [0.15, 0.2) is 34.8 Å². The standard InChI is InChI=1S/C19H15BrF3N3O4/c20-12-8-11-10(9-26(18(11)30)6-2-5-16(27)28)7-14(12)25-17(29)13-3-1-4-15(24-13)19(21,22)23/h1,3-4,7-8H,2,5-6,9H2,(H,25,29)(H,27,28). The third-order valence-electron chi connectivity index (χ3n) is 4.41. The molecule has 1 aromatic carbocycles. The number of hydrogen-bond acceptors (Lipinski definition) is 4. The van der Waals surface area contributed by atoms with E-state index in [0.29, 0.717) is 22.0 Å². The number of aromatic nitrogens is 1. The van der Waals surface area contributed by atoms with E-state index >= 15 is 0 Å². The van der Waals surface area contributed by atoms with E-state index in [2.05, 4.69) is 26.2 Å². The minimum Gasteiger partial charge on any atom is -0.481 e. The first-order chi connectivity index (χ1) is 14.1. The maximum atomic E-state index is 12.8. The highest BCUT2D eigenvalue weighted by Crippen LogP contribution is 2.33. The molecule has 2 heterocycles. The van der Waals surface area contributed by atoms with Crippen LogP contribution in [0.25, 0.3) is 0 Å². The van der Waals surface area contributed by atoms with Crippen LogP contribution in [0.2, 0.25) is 0 Å². The zero-order valence-electron chi connectivity index (χ0n) is 15.3. The van der Waals surface area contributed by atoms with E-state index in [-0.39, 0.29) is 31.1 Å². The van der Waals surface area contributed by atoms with E-state index in [4.69, 9.17) is 5.11 Å². The smallest absolute Gasteiger partial charge is 0.433 e. The molecule has 0 unspecified atom stereocenters. The zero-order chi connectivity index (χ0) is 22.1. The molecule has 30 heavy (non-hydrogen) atoms. The summed E-state index contributed by atoms with van der Waals surface area (Å²) < 4.78 is 38.8. The van der Waals surface area contributed by atoms with Gasteiger partial charge in [0.05, 0.1) is 5.69 Å². The molecule has 3 rings (SSSR count).